The molecule has 2 atom stereocenters. The first-order valence-corrected chi connectivity index (χ1v) is 7.33. The number of esters is 1. The summed E-state index contributed by atoms with van der Waals surface area (Å²) >= 11 is 0. The average Bonchev–Trinajstić information content (AvgIpc) is 2.42. The molecule has 128 valence electrons. The highest BCUT2D eigenvalue weighted by molar-refractivity contribution is 5.87. The van der Waals surface area contributed by atoms with Crippen molar-refractivity contribution < 1.29 is 23.9 Å². The molecule has 0 aliphatic carbocycles. The van der Waals surface area contributed by atoms with E-state index in [1.807, 2.05) is 13.8 Å². The quantitative estimate of drug-likeness (QED) is 0.752. The molecule has 0 aromatic rings. The topological polar surface area (TPSA) is 84.9 Å². The van der Waals surface area contributed by atoms with Gasteiger partial charge in [0.25, 0.3) is 0 Å². The second kappa shape index (κ2) is 8.60. The molecule has 0 rings (SSSR count). The van der Waals surface area contributed by atoms with Gasteiger partial charge in [-0.2, -0.15) is 0 Å². The van der Waals surface area contributed by atoms with E-state index in [0.29, 0.717) is 0 Å². The number of alkyl carbamates (subject to hydrolysis) is 1. The van der Waals surface area contributed by atoms with Crippen LogP contribution in [0.2, 0.25) is 0 Å². The van der Waals surface area contributed by atoms with Gasteiger partial charge in [0, 0.05) is 7.05 Å². The Labute approximate surface area is 132 Å². The van der Waals surface area contributed by atoms with E-state index in [2.05, 4.69) is 5.32 Å². The molecule has 0 aliphatic rings. The number of methoxy groups -OCH3 is 1. The third kappa shape index (κ3) is 6.78. The number of rotatable bonds is 6. The first-order valence-electron chi connectivity index (χ1n) is 7.33. The van der Waals surface area contributed by atoms with E-state index in [9.17, 15) is 14.4 Å². The van der Waals surface area contributed by atoms with Crippen molar-refractivity contribution >= 4 is 18.0 Å². The first-order chi connectivity index (χ1) is 10.0. The lowest BCUT2D eigenvalue weighted by atomic mass is 9.98. The predicted octanol–water partition coefficient (Wildman–Crippen LogP) is 1.56. The first kappa shape index (κ1) is 20.2. The average molecular weight is 316 g/mol. The van der Waals surface area contributed by atoms with E-state index in [0.717, 1.165) is 6.42 Å². The molecule has 1 unspecified atom stereocenters. The molecular weight excluding hydrogens is 288 g/mol. The van der Waals surface area contributed by atoms with Crippen LogP contribution in [-0.4, -0.2) is 55.2 Å². The van der Waals surface area contributed by atoms with E-state index in [4.69, 9.17) is 9.47 Å². The smallest absolute Gasteiger partial charge is 0.408 e. The highest BCUT2D eigenvalue weighted by Crippen LogP contribution is 2.15. The molecule has 0 radical (unpaired) electrons. The minimum Gasteiger partial charge on any atom is -0.467 e. The van der Waals surface area contributed by atoms with Crippen LogP contribution in [0.3, 0.4) is 0 Å². The summed E-state index contributed by atoms with van der Waals surface area (Å²) in [5, 5.41) is 2.38. The molecule has 7 heteroatoms. The number of nitrogens with one attached hydrogen (secondary N) is 1. The summed E-state index contributed by atoms with van der Waals surface area (Å²) in [7, 11) is 2.81. The van der Waals surface area contributed by atoms with Crippen LogP contribution < -0.4 is 5.32 Å². The largest absolute Gasteiger partial charge is 0.467 e. The Kier molecular flexibility index (Phi) is 7.90. The zero-order chi connectivity index (χ0) is 17.5. The highest BCUT2D eigenvalue weighted by atomic mass is 16.6. The molecule has 0 aromatic heterocycles. The Balaban J connectivity index is 4.68. The summed E-state index contributed by atoms with van der Waals surface area (Å²) in [6.07, 6.45) is 0.0454. The number of likely N-dealkylation sites (N-methyl/N-ethyl adjacent to an activating group) is 1. The lowest BCUT2D eigenvalue weighted by Gasteiger charge is -2.30. The van der Waals surface area contributed by atoms with Crippen molar-refractivity contribution in [1.82, 2.24) is 10.2 Å². The van der Waals surface area contributed by atoms with Gasteiger partial charge in [-0.1, -0.05) is 20.3 Å². The van der Waals surface area contributed by atoms with Crippen LogP contribution in [0.25, 0.3) is 0 Å². The van der Waals surface area contributed by atoms with Crippen LogP contribution in [0.1, 0.15) is 41.0 Å². The van der Waals surface area contributed by atoms with Crippen LogP contribution in [0, 0.1) is 5.92 Å². The maximum absolute atomic E-state index is 12.1. The lowest BCUT2D eigenvalue weighted by molar-refractivity contribution is -0.153. The molecule has 0 aliphatic heterocycles. The standard InChI is InChI=1S/C15H28N2O5/c1-8-10(2)12(13(19)21-7)17(6)11(18)9-16-14(20)22-15(3,4)5/h10,12H,8-9H2,1-7H3,(H,16,20)/t10?,12-/m0/s1. The van der Waals surface area contributed by atoms with Crippen LogP contribution in [0.4, 0.5) is 4.79 Å². The van der Waals surface area contributed by atoms with Crippen molar-refractivity contribution in [3.63, 3.8) is 0 Å². The summed E-state index contributed by atoms with van der Waals surface area (Å²) < 4.78 is 9.81. The van der Waals surface area contributed by atoms with Crippen molar-refractivity contribution in [3.05, 3.63) is 0 Å². The maximum atomic E-state index is 12.1. The fraction of sp³-hybridized carbons (Fsp3) is 0.800. The van der Waals surface area contributed by atoms with Gasteiger partial charge in [-0.25, -0.2) is 9.59 Å². The van der Waals surface area contributed by atoms with E-state index in [1.54, 1.807) is 20.8 Å². The fourth-order valence-electron chi connectivity index (χ4n) is 1.86. The van der Waals surface area contributed by atoms with Gasteiger partial charge in [0.05, 0.1) is 7.11 Å². The molecule has 0 saturated carbocycles. The molecule has 0 bridgehead atoms. The van der Waals surface area contributed by atoms with Gasteiger partial charge in [0.2, 0.25) is 5.91 Å². The number of carbonyl (C=O) groups excluding carboxylic acids is 3. The second-order valence-electron chi connectivity index (χ2n) is 6.21. The molecule has 1 N–H and O–H groups in total. The summed E-state index contributed by atoms with van der Waals surface area (Å²) in [6, 6.07) is -0.678. The van der Waals surface area contributed by atoms with Crippen LogP contribution in [0.15, 0.2) is 0 Å². The van der Waals surface area contributed by atoms with Crippen LogP contribution in [-0.2, 0) is 19.1 Å². The third-order valence-corrected chi connectivity index (χ3v) is 3.22. The minimum absolute atomic E-state index is 0.0528. The molecule has 0 heterocycles. The molecule has 22 heavy (non-hydrogen) atoms. The number of hydrogen-bond donors (Lipinski definition) is 1. The second-order valence-corrected chi connectivity index (χ2v) is 6.21. The lowest BCUT2D eigenvalue weighted by Crippen LogP contribution is -2.50. The third-order valence-electron chi connectivity index (χ3n) is 3.22. The van der Waals surface area contributed by atoms with Gasteiger partial charge in [-0.3, -0.25) is 4.79 Å². The molecule has 0 spiro atoms. The summed E-state index contributed by atoms with van der Waals surface area (Å²) in [6.45, 7) is 8.75. The molecule has 2 amide bonds. The Hall–Kier alpha value is -1.79. The molecule has 7 nitrogen and oxygen atoms in total. The van der Waals surface area contributed by atoms with Gasteiger partial charge in [-0.15, -0.1) is 0 Å². The fourth-order valence-corrected chi connectivity index (χ4v) is 1.86. The van der Waals surface area contributed by atoms with Gasteiger partial charge in [0.15, 0.2) is 0 Å². The minimum atomic E-state index is -0.678. The normalized spacial score (nSPS) is 13.8. The number of hydrogen-bond acceptors (Lipinski definition) is 5. The summed E-state index contributed by atoms with van der Waals surface area (Å²) in [5.74, 6) is -0.910. The number of nitrogens with zero attached hydrogens (tertiary/aromatic N) is 1. The molecule has 0 fully saturated rings. The van der Waals surface area contributed by atoms with Crippen LogP contribution in [0.5, 0.6) is 0 Å². The summed E-state index contributed by atoms with van der Waals surface area (Å²) in [4.78, 5) is 36.8. The predicted molar refractivity (Wildman–Crippen MR) is 82.3 cm³/mol. The number of amides is 2. The summed E-state index contributed by atoms with van der Waals surface area (Å²) in [5.41, 5.74) is -0.635. The maximum Gasteiger partial charge on any atom is 0.408 e. The van der Waals surface area contributed by atoms with E-state index in [1.165, 1.54) is 19.1 Å². The van der Waals surface area contributed by atoms with Crippen molar-refractivity contribution in [2.24, 2.45) is 5.92 Å². The molecular formula is C15H28N2O5. The van der Waals surface area contributed by atoms with Gasteiger partial charge in [-0.05, 0) is 26.7 Å². The Morgan fingerprint density at radius 2 is 1.77 bits per heavy atom. The number of ether oxygens (including phenoxy) is 2. The molecule has 0 aromatic carbocycles. The van der Waals surface area contributed by atoms with Gasteiger partial charge >= 0.3 is 12.1 Å². The van der Waals surface area contributed by atoms with Crippen molar-refractivity contribution in [3.8, 4) is 0 Å². The van der Waals surface area contributed by atoms with Crippen molar-refractivity contribution in [1.29, 1.82) is 0 Å². The molecule has 0 saturated heterocycles. The van der Waals surface area contributed by atoms with Crippen LogP contribution >= 0.6 is 0 Å². The SMILES string of the molecule is CCC(C)[C@@H](C(=O)OC)N(C)C(=O)CNC(=O)OC(C)(C)C. The Morgan fingerprint density at radius 3 is 2.18 bits per heavy atom. The van der Waals surface area contributed by atoms with E-state index in [-0.39, 0.29) is 18.4 Å². The van der Waals surface area contributed by atoms with E-state index >= 15 is 0 Å². The Bertz CT molecular complexity index is 403. The number of carbonyl (C=O) groups is 3. The zero-order valence-corrected chi connectivity index (χ0v) is 14.6. The Morgan fingerprint density at radius 1 is 1.23 bits per heavy atom. The highest BCUT2D eigenvalue weighted by Gasteiger charge is 2.32. The zero-order valence-electron chi connectivity index (χ0n) is 14.6. The van der Waals surface area contributed by atoms with E-state index < -0.39 is 23.7 Å². The van der Waals surface area contributed by atoms with Crippen molar-refractivity contribution in [2.75, 3.05) is 20.7 Å². The van der Waals surface area contributed by atoms with Gasteiger partial charge < -0.3 is 19.7 Å². The van der Waals surface area contributed by atoms with Gasteiger partial charge in [0.1, 0.15) is 18.2 Å². The van der Waals surface area contributed by atoms with Crippen molar-refractivity contribution in [2.45, 2.75) is 52.7 Å². The monoisotopic (exact) mass is 316 g/mol.